The SMILES string of the molecule is CCC(Cc1nc(-c2ccc(Br)cc2C)no1)NC. The summed E-state index contributed by atoms with van der Waals surface area (Å²) in [5, 5.41) is 7.30. The molecular weight excluding hydrogens is 306 g/mol. The molecule has 4 nitrogen and oxygen atoms in total. The van der Waals surface area contributed by atoms with Crippen molar-refractivity contribution in [1.82, 2.24) is 15.5 Å². The number of aromatic nitrogens is 2. The lowest BCUT2D eigenvalue weighted by Gasteiger charge is -2.09. The van der Waals surface area contributed by atoms with Gasteiger partial charge in [0.2, 0.25) is 11.7 Å². The second-order valence-corrected chi connectivity index (χ2v) is 5.48. The second kappa shape index (κ2) is 6.30. The van der Waals surface area contributed by atoms with Crippen LogP contribution in [0.15, 0.2) is 27.2 Å². The Bertz CT molecular complexity index is 549. The second-order valence-electron chi connectivity index (χ2n) is 4.57. The van der Waals surface area contributed by atoms with Gasteiger partial charge in [-0.2, -0.15) is 4.98 Å². The lowest BCUT2D eigenvalue weighted by Crippen LogP contribution is -2.26. The maximum Gasteiger partial charge on any atom is 0.228 e. The number of aryl methyl sites for hydroxylation is 1. The van der Waals surface area contributed by atoms with Gasteiger partial charge in [0, 0.05) is 22.5 Å². The van der Waals surface area contributed by atoms with Crippen molar-refractivity contribution in [3.8, 4) is 11.4 Å². The van der Waals surface area contributed by atoms with E-state index in [1.807, 2.05) is 32.2 Å². The van der Waals surface area contributed by atoms with Gasteiger partial charge in [-0.3, -0.25) is 0 Å². The number of nitrogens with one attached hydrogen (secondary N) is 1. The van der Waals surface area contributed by atoms with E-state index in [-0.39, 0.29) is 0 Å². The molecule has 1 heterocycles. The fraction of sp³-hybridized carbons (Fsp3) is 0.429. The molecule has 0 aliphatic carbocycles. The average molecular weight is 324 g/mol. The zero-order valence-corrected chi connectivity index (χ0v) is 13.0. The number of nitrogens with zero attached hydrogens (tertiary/aromatic N) is 2. The molecule has 0 spiro atoms. The van der Waals surface area contributed by atoms with Crippen LogP contribution in [0.3, 0.4) is 0 Å². The van der Waals surface area contributed by atoms with E-state index in [1.54, 1.807) is 0 Å². The van der Waals surface area contributed by atoms with Crippen LogP contribution in [0.25, 0.3) is 11.4 Å². The summed E-state index contributed by atoms with van der Waals surface area (Å²) < 4.78 is 6.38. The molecule has 1 aromatic carbocycles. The zero-order valence-electron chi connectivity index (χ0n) is 11.4. The Labute approximate surface area is 121 Å². The molecule has 2 aromatic rings. The van der Waals surface area contributed by atoms with Gasteiger partial charge in [-0.25, -0.2) is 0 Å². The van der Waals surface area contributed by atoms with E-state index >= 15 is 0 Å². The molecule has 1 unspecified atom stereocenters. The Kier molecular flexibility index (Phi) is 4.71. The molecule has 0 bridgehead atoms. The number of benzene rings is 1. The predicted octanol–water partition coefficient (Wildman–Crippen LogP) is 3.35. The fourth-order valence-electron chi connectivity index (χ4n) is 1.99. The Hall–Kier alpha value is -1.20. The van der Waals surface area contributed by atoms with E-state index in [9.17, 15) is 0 Å². The maximum absolute atomic E-state index is 5.33. The van der Waals surface area contributed by atoms with E-state index in [4.69, 9.17) is 4.52 Å². The third-order valence-electron chi connectivity index (χ3n) is 3.22. The average Bonchev–Trinajstić information content (AvgIpc) is 2.84. The summed E-state index contributed by atoms with van der Waals surface area (Å²) in [6, 6.07) is 6.41. The molecule has 1 atom stereocenters. The zero-order chi connectivity index (χ0) is 13.8. The fourth-order valence-corrected chi connectivity index (χ4v) is 2.46. The summed E-state index contributed by atoms with van der Waals surface area (Å²) in [6.07, 6.45) is 1.79. The van der Waals surface area contributed by atoms with E-state index in [2.05, 4.69) is 38.3 Å². The van der Waals surface area contributed by atoms with Crippen molar-refractivity contribution >= 4 is 15.9 Å². The minimum atomic E-state index is 0.374. The Morgan fingerprint density at radius 1 is 1.42 bits per heavy atom. The smallest absolute Gasteiger partial charge is 0.228 e. The predicted molar refractivity (Wildman–Crippen MR) is 79.0 cm³/mol. The minimum absolute atomic E-state index is 0.374. The molecule has 2 rings (SSSR count). The summed E-state index contributed by atoms with van der Waals surface area (Å²) >= 11 is 3.45. The highest BCUT2D eigenvalue weighted by Crippen LogP contribution is 2.24. The van der Waals surface area contributed by atoms with Crippen molar-refractivity contribution in [3.63, 3.8) is 0 Å². The van der Waals surface area contributed by atoms with Gasteiger partial charge in [-0.1, -0.05) is 28.0 Å². The van der Waals surface area contributed by atoms with Gasteiger partial charge in [-0.05, 0) is 44.2 Å². The largest absolute Gasteiger partial charge is 0.339 e. The Morgan fingerprint density at radius 2 is 2.21 bits per heavy atom. The molecule has 1 N–H and O–H groups in total. The van der Waals surface area contributed by atoms with Crippen LogP contribution in [-0.2, 0) is 6.42 Å². The van der Waals surface area contributed by atoms with Gasteiger partial charge in [-0.15, -0.1) is 0 Å². The van der Waals surface area contributed by atoms with Gasteiger partial charge in [0.1, 0.15) is 0 Å². The van der Waals surface area contributed by atoms with Crippen molar-refractivity contribution in [1.29, 1.82) is 0 Å². The van der Waals surface area contributed by atoms with Crippen molar-refractivity contribution in [2.45, 2.75) is 32.7 Å². The van der Waals surface area contributed by atoms with Gasteiger partial charge < -0.3 is 9.84 Å². The first-order valence-corrected chi connectivity index (χ1v) is 7.19. The lowest BCUT2D eigenvalue weighted by atomic mass is 10.1. The summed E-state index contributed by atoms with van der Waals surface area (Å²) in [7, 11) is 1.95. The monoisotopic (exact) mass is 323 g/mol. The highest BCUT2D eigenvalue weighted by Gasteiger charge is 2.14. The van der Waals surface area contributed by atoms with Crippen LogP contribution in [0.2, 0.25) is 0 Å². The number of halogens is 1. The Morgan fingerprint density at radius 3 is 2.84 bits per heavy atom. The van der Waals surface area contributed by atoms with E-state index < -0.39 is 0 Å². The van der Waals surface area contributed by atoms with E-state index in [1.165, 1.54) is 0 Å². The van der Waals surface area contributed by atoms with Crippen molar-refractivity contribution in [3.05, 3.63) is 34.1 Å². The number of likely N-dealkylation sites (N-methyl/N-ethyl adjacent to an activating group) is 1. The quantitative estimate of drug-likeness (QED) is 0.916. The topological polar surface area (TPSA) is 51.0 Å². The molecule has 19 heavy (non-hydrogen) atoms. The first kappa shape index (κ1) is 14.2. The molecule has 0 aliphatic heterocycles. The lowest BCUT2D eigenvalue weighted by molar-refractivity contribution is 0.359. The summed E-state index contributed by atoms with van der Waals surface area (Å²) in [5.41, 5.74) is 2.14. The van der Waals surface area contributed by atoms with Crippen LogP contribution < -0.4 is 5.32 Å². The summed E-state index contributed by atoms with van der Waals surface area (Å²) in [5.74, 6) is 1.34. The van der Waals surface area contributed by atoms with E-state index in [0.29, 0.717) is 17.8 Å². The molecule has 0 fully saturated rings. The first-order chi connectivity index (χ1) is 9.13. The van der Waals surface area contributed by atoms with E-state index in [0.717, 1.165) is 28.4 Å². The molecule has 0 saturated heterocycles. The van der Waals surface area contributed by atoms with Crippen LogP contribution in [0.4, 0.5) is 0 Å². The molecule has 0 aliphatic rings. The van der Waals surface area contributed by atoms with Gasteiger partial charge in [0.05, 0.1) is 0 Å². The van der Waals surface area contributed by atoms with Gasteiger partial charge >= 0.3 is 0 Å². The molecular formula is C14H18BrN3O. The van der Waals surface area contributed by atoms with Gasteiger partial charge in [0.15, 0.2) is 0 Å². The first-order valence-electron chi connectivity index (χ1n) is 6.40. The highest BCUT2D eigenvalue weighted by atomic mass is 79.9. The van der Waals surface area contributed by atoms with Gasteiger partial charge in [0.25, 0.3) is 0 Å². The summed E-state index contributed by atoms with van der Waals surface area (Å²) in [4.78, 5) is 4.47. The molecule has 1 aromatic heterocycles. The third-order valence-corrected chi connectivity index (χ3v) is 3.71. The molecule has 0 saturated carbocycles. The number of hydrogen-bond acceptors (Lipinski definition) is 4. The normalized spacial score (nSPS) is 12.6. The molecule has 0 radical (unpaired) electrons. The highest BCUT2D eigenvalue weighted by molar-refractivity contribution is 9.10. The minimum Gasteiger partial charge on any atom is -0.339 e. The standard InChI is InChI=1S/C14H18BrN3O/c1-4-11(16-3)8-13-17-14(18-19-13)12-6-5-10(15)7-9(12)2/h5-7,11,16H,4,8H2,1-3H3. The third kappa shape index (κ3) is 3.42. The molecule has 102 valence electrons. The van der Waals surface area contributed by atoms with Crippen LogP contribution in [0.1, 0.15) is 24.8 Å². The van der Waals surface area contributed by atoms with Crippen LogP contribution in [0, 0.1) is 6.92 Å². The summed E-state index contributed by atoms with van der Waals surface area (Å²) in [6.45, 7) is 4.18. The van der Waals surface area contributed by atoms with Crippen molar-refractivity contribution < 1.29 is 4.52 Å². The van der Waals surface area contributed by atoms with Crippen molar-refractivity contribution in [2.24, 2.45) is 0 Å². The van der Waals surface area contributed by atoms with Crippen LogP contribution >= 0.6 is 15.9 Å². The maximum atomic E-state index is 5.33. The number of hydrogen-bond donors (Lipinski definition) is 1. The van der Waals surface area contributed by atoms with Crippen LogP contribution in [-0.4, -0.2) is 23.2 Å². The van der Waals surface area contributed by atoms with Crippen molar-refractivity contribution in [2.75, 3.05) is 7.05 Å². The van der Waals surface area contributed by atoms with Crippen LogP contribution in [0.5, 0.6) is 0 Å². The molecule has 0 amide bonds. The molecule has 5 heteroatoms. The number of rotatable bonds is 5. The Balaban J connectivity index is 2.20.